The molecule has 0 aromatic heterocycles. The number of amides is 2. The number of hydroxylamine groups is 1. The first-order chi connectivity index (χ1) is 13.8. The van der Waals surface area contributed by atoms with E-state index in [4.69, 9.17) is 14.3 Å². The monoisotopic (exact) mass is 398 g/mol. The highest BCUT2D eigenvalue weighted by molar-refractivity contribution is 5.79. The molecule has 0 unspecified atom stereocenters. The zero-order chi connectivity index (χ0) is 20.9. The summed E-state index contributed by atoms with van der Waals surface area (Å²) in [5.74, 6) is 0.0123. The third-order valence-electron chi connectivity index (χ3n) is 4.37. The van der Waals surface area contributed by atoms with Crippen LogP contribution in [0.3, 0.4) is 0 Å². The van der Waals surface area contributed by atoms with Crippen LogP contribution < -0.4 is 10.8 Å². The summed E-state index contributed by atoms with van der Waals surface area (Å²) in [6, 6.07) is 16.3. The van der Waals surface area contributed by atoms with E-state index in [1.165, 1.54) is 11.1 Å². The van der Waals surface area contributed by atoms with Gasteiger partial charge in [0.1, 0.15) is 12.2 Å². The third-order valence-corrected chi connectivity index (χ3v) is 4.37. The van der Waals surface area contributed by atoms with E-state index in [0.717, 1.165) is 11.1 Å². The van der Waals surface area contributed by atoms with Gasteiger partial charge in [-0.25, -0.2) is 9.59 Å². The summed E-state index contributed by atoms with van der Waals surface area (Å²) in [4.78, 5) is 28.4. The molecule has 0 spiro atoms. The number of ether oxygens (including phenoxy) is 2. The van der Waals surface area contributed by atoms with Gasteiger partial charge in [0.05, 0.1) is 6.61 Å². The second-order valence-electron chi connectivity index (χ2n) is 7.70. The number of alkyl carbamates (subject to hydrolysis) is 1. The largest absolute Gasteiger partial charge is 0.449 e. The minimum Gasteiger partial charge on any atom is -0.449 e. The molecule has 1 aliphatic carbocycles. The summed E-state index contributed by atoms with van der Waals surface area (Å²) in [5, 5.41) is 2.60. The second-order valence-corrected chi connectivity index (χ2v) is 7.70. The minimum atomic E-state index is -0.682. The minimum absolute atomic E-state index is 0.0123. The van der Waals surface area contributed by atoms with Crippen LogP contribution in [0.1, 0.15) is 37.8 Å². The molecule has 0 atom stereocenters. The lowest BCUT2D eigenvalue weighted by atomic mass is 9.98. The number of benzene rings is 2. The fourth-order valence-corrected chi connectivity index (χ4v) is 3.26. The predicted molar refractivity (Wildman–Crippen MR) is 108 cm³/mol. The van der Waals surface area contributed by atoms with Crippen LogP contribution in [-0.4, -0.2) is 37.5 Å². The maximum absolute atomic E-state index is 12.0. The molecule has 1 aliphatic rings. The van der Waals surface area contributed by atoms with Gasteiger partial charge in [-0.3, -0.25) is 4.84 Å². The molecule has 0 radical (unpaired) electrons. The summed E-state index contributed by atoms with van der Waals surface area (Å²) < 4.78 is 10.4. The predicted octanol–water partition coefficient (Wildman–Crippen LogP) is 3.98. The summed E-state index contributed by atoms with van der Waals surface area (Å²) in [6.07, 6.45) is -1.22. The fourth-order valence-electron chi connectivity index (χ4n) is 3.26. The molecule has 0 aliphatic heterocycles. The van der Waals surface area contributed by atoms with Crippen molar-refractivity contribution in [1.29, 1.82) is 0 Å². The van der Waals surface area contributed by atoms with Gasteiger partial charge in [0.2, 0.25) is 0 Å². The first-order valence-electron chi connectivity index (χ1n) is 9.55. The third kappa shape index (κ3) is 5.48. The Morgan fingerprint density at radius 1 is 0.931 bits per heavy atom. The highest BCUT2D eigenvalue weighted by Crippen LogP contribution is 2.44. The average Bonchev–Trinajstić information content (AvgIpc) is 2.99. The van der Waals surface area contributed by atoms with Crippen LogP contribution in [0.4, 0.5) is 9.59 Å². The topological polar surface area (TPSA) is 85.9 Å². The summed E-state index contributed by atoms with van der Waals surface area (Å²) in [7, 11) is 0. The van der Waals surface area contributed by atoms with E-state index in [9.17, 15) is 9.59 Å². The Morgan fingerprint density at radius 2 is 1.52 bits per heavy atom. The van der Waals surface area contributed by atoms with E-state index in [2.05, 4.69) is 35.1 Å². The van der Waals surface area contributed by atoms with E-state index < -0.39 is 17.8 Å². The van der Waals surface area contributed by atoms with Crippen molar-refractivity contribution in [2.75, 3.05) is 19.8 Å². The van der Waals surface area contributed by atoms with Crippen molar-refractivity contribution in [3.05, 3.63) is 59.7 Å². The van der Waals surface area contributed by atoms with E-state index >= 15 is 0 Å². The van der Waals surface area contributed by atoms with Gasteiger partial charge in [0.25, 0.3) is 0 Å². The first-order valence-corrected chi connectivity index (χ1v) is 9.55. The Balaban J connectivity index is 1.42. The van der Waals surface area contributed by atoms with Gasteiger partial charge in [-0.05, 0) is 43.0 Å². The second kappa shape index (κ2) is 8.96. The number of fused-ring (bicyclic) bond motifs is 3. The number of rotatable bonds is 6. The van der Waals surface area contributed by atoms with Crippen molar-refractivity contribution >= 4 is 12.2 Å². The molecule has 7 heteroatoms. The number of carbonyl (C=O) groups is 2. The van der Waals surface area contributed by atoms with Crippen LogP contribution in [-0.2, 0) is 14.3 Å². The number of carbonyl (C=O) groups excluding carboxylic acids is 2. The maximum Gasteiger partial charge on any atom is 0.431 e. The van der Waals surface area contributed by atoms with Crippen molar-refractivity contribution in [3.8, 4) is 11.1 Å². The van der Waals surface area contributed by atoms with Crippen LogP contribution in [0.2, 0.25) is 0 Å². The van der Waals surface area contributed by atoms with E-state index in [0.29, 0.717) is 0 Å². The molecule has 0 fully saturated rings. The van der Waals surface area contributed by atoms with Crippen molar-refractivity contribution in [1.82, 2.24) is 10.8 Å². The average molecular weight is 398 g/mol. The summed E-state index contributed by atoms with van der Waals surface area (Å²) in [6.45, 7) is 5.79. The quantitative estimate of drug-likeness (QED) is 0.568. The molecule has 0 saturated carbocycles. The Labute approximate surface area is 170 Å². The summed E-state index contributed by atoms with van der Waals surface area (Å²) >= 11 is 0. The summed E-state index contributed by atoms with van der Waals surface area (Å²) in [5.41, 5.74) is 6.23. The van der Waals surface area contributed by atoms with Crippen molar-refractivity contribution in [2.24, 2.45) is 0 Å². The van der Waals surface area contributed by atoms with Crippen LogP contribution in [0, 0.1) is 0 Å². The maximum atomic E-state index is 12.0. The van der Waals surface area contributed by atoms with Crippen molar-refractivity contribution in [2.45, 2.75) is 32.3 Å². The lowest BCUT2D eigenvalue weighted by Crippen LogP contribution is -2.35. The van der Waals surface area contributed by atoms with Crippen LogP contribution in [0.5, 0.6) is 0 Å². The van der Waals surface area contributed by atoms with Gasteiger partial charge >= 0.3 is 12.2 Å². The molecule has 0 bridgehead atoms. The number of hydrogen-bond acceptors (Lipinski definition) is 5. The van der Waals surface area contributed by atoms with Gasteiger partial charge in [0.15, 0.2) is 0 Å². The Kier molecular flexibility index (Phi) is 6.39. The smallest absolute Gasteiger partial charge is 0.431 e. The van der Waals surface area contributed by atoms with Crippen molar-refractivity contribution in [3.63, 3.8) is 0 Å². The highest BCUT2D eigenvalue weighted by atomic mass is 16.7. The Morgan fingerprint density at radius 3 is 2.10 bits per heavy atom. The molecule has 7 nitrogen and oxygen atoms in total. The molecule has 2 aromatic carbocycles. The zero-order valence-electron chi connectivity index (χ0n) is 16.9. The molecule has 2 aromatic rings. The standard InChI is InChI=1S/C22H26N2O5/c1-22(2,3)29-21(26)24-28-13-12-23-20(25)27-14-19-17-10-6-4-8-15(17)16-9-5-7-11-18(16)19/h4-11,19H,12-14H2,1-3H3,(H,23,25)(H,24,26). The molecule has 0 saturated heterocycles. The molecule has 0 heterocycles. The number of nitrogens with one attached hydrogen (secondary N) is 2. The van der Waals surface area contributed by atoms with Gasteiger partial charge in [0, 0.05) is 12.5 Å². The SMILES string of the molecule is CC(C)(C)OC(=O)NOCCNC(=O)OCC1c2ccccc2-c2ccccc21. The highest BCUT2D eigenvalue weighted by Gasteiger charge is 2.28. The van der Waals surface area contributed by atoms with E-state index in [1.807, 2.05) is 24.3 Å². The Bertz CT molecular complexity index is 830. The van der Waals surface area contributed by atoms with Gasteiger partial charge in [-0.2, -0.15) is 5.48 Å². The molecule has 2 N–H and O–H groups in total. The van der Waals surface area contributed by atoms with E-state index in [-0.39, 0.29) is 25.7 Å². The lowest BCUT2D eigenvalue weighted by Gasteiger charge is -2.19. The first kappa shape index (κ1) is 20.7. The van der Waals surface area contributed by atoms with Crippen molar-refractivity contribution < 1.29 is 23.9 Å². The zero-order valence-corrected chi connectivity index (χ0v) is 16.9. The molecular formula is C22H26N2O5. The normalized spacial score (nSPS) is 12.7. The van der Waals surface area contributed by atoms with Gasteiger partial charge in [-0.15, -0.1) is 0 Å². The molecule has 2 amide bonds. The van der Waals surface area contributed by atoms with Gasteiger partial charge in [-0.1, -0.05) is 48.5 Å². The van der Waals surface area contributed by atoms with E-state index in [1.54, 1.807) is 20.8 Å². The number of hydrogen-bond donors (Lipinski definition) is 2. The molecular weight excluding hydrogens is 372 g/mol. The van der Waals surface area contributed by atoms with Crippen LogP contribution >= 0.6 is 0 Å². The van der Waals surface area contributed by atoms with Gasteiger partial charge < -0.3 is 14.8 Å². The lowest BCUT2D eigenvalue weighted by molar-refractivity contribution is -0.00664. The molecule has 154 valence electrons. The molecule has 3 rings (SSSR count). The fraction of sp³-hybridized carbons (Fsp3) is 0.364. The molecule has 29 heavy (non-hydrogen) atoms. The Hall–Kier alpha value is -3.06. The van der Waals surface area contributed by atoms with Crippen LogP contribution in [0.15, 0.2) is 48.5 Å². The van der Waals surface area contributed by atoms with Crippen LogP contribution in [0.25, 0.3) is 11.1 Å².